The molecule has 2 N–H and O–H groups in total. The first-order valence-corrected chi connectivity index (χ1v) is 8.47. The summed E-state index contributed by atoms with van der Waals surface area (Å²) in [7, 11) is 3.21. The van der Waals surface area contributed by atoms with E-state index in [0.29, 0.717) is 17.1 Å². The lowest BCUT2D eigenvalue weighted by Crippen LogP contribution is -2.07. The van der Waals surface area contributed by atoms with Gasteiger partial charge in [-0.1, -0.05) is 5.21 Å². The Bertz CT molecular complexity index is 995. The third-order valence-electron chi connectivity index (χ3n) is 4.46. The molecule has 7 heteroatoms. The Labute approximate surface area is 157 Å². The molecule has 3 aromatic rings. The van der Waals surface area contributed by atoms with Crippen LogP contribution in [0.25, 0.3) is 22.5 Å². The van der Waals surface area contributed by atoms with Crippen molar-refractivity contribution in [2.24, 2.45) is 0 Å². The number of hydrogen-bond acceptors (Lipinski definition) is 5. The van der Waals surface area contributed by atoms with Crippen LogP contribution >= 0.6 is 0 Å². The number of aryl methyl sites for hydroxylation is 1. The Morgan fingerprint density at radius 2 is 1.78 bits per heavy atom. The zero-order valence-electron chi connectivity index (χ0n) is 16.0. The molecular formula is C20H22N4O3. The maximum Gasteiger partial charge on any atom is 0.221 e. The number of methoxy groups -OCH3 is 2. The third kappa shape index (κ3) is 3.62. The Morgan fingerprint density at radius 1 is 1.04 bits per heavy atom. The molecule has 0 saturated heterocycles. The lowest BCUT2D eigenvalue weighted by Gasteiger charge is -2.12. The number of nitrogens with one attached hydrogen (secondary N) is 2. The van der Waals surface area contributed by atoms with Crippen LogP contribution in [0.3, 0.4) is 0 Å². The number of rotatable bonds is 5. The van der Waals surface area contributed by atoms with E-state index in [-0.39, 0.29) is 5.91 Å². The van der Waals surface area contributed by atoms with Gasteiger partial charge in [-0.25, -0.2) is 0 Å². The van der Waals surface area contributed by atoms with Gasteiger partial charge in [0.1, 0.15) is 17.2 Å². The van der Waals surface area contributed by atoms with Gasteiger partial charge in [0.05, 0.1) is 25.6 Å². The number of nitrogens with zero attached hydrogens (tertiary/aromatic N) is 2. The van der Waals surface area contributed by atoms with Crippen LogP contribution in [0.5, 0.6) is 11.5 Å². The van der Waals surface area contributed by atoms with Crippen LogP contribution in [0.4, 0.5) is 5.69 Å². The Kier molecular flexibility index (Phi) is 5.12. The van der Waals surface area contributed by atoms with E-state index in [1.807, 2.05) is 32.0 Å². The second-order valence-corrected chi connectivity index (χ2v) is 6.25. The molecule has 7 nitrogen and oxygen atoms in total. The number of aromatic amines is 1. The number of carbonyl (C=O) groups is 1. The summed E-state index contributed by atoms with van der Waals surface area (Å²) in [6.07, 6.45) is 0. The molecule has 0 unspecified atom stereocenters. The molecule has 0 aliphatic rings. The Balaban J connectivity index is 2.11. The molecule has 1 aromatic heterocycles. The predicted molar refractivity (Wildman–Crippen MR) is 104 cm³/mol. The molecule has 0 spiro atoms. The molecule has 0 radical (unpaired) electrons. The summed E-state index contributed by atoms with van der Waals surface area (Å²) in [6, 6.07) is 9.52. The summed E-state index contributed by atoms with van der Waals surface area (Å²) in [5, 5.41) is 14.0. The number of anilines is 1. The molecular weight excluding hydrogens is 344 g/mol. The van der Waals surface area contributed by atoms with E-state index in [1.165, 1.54) is 6.92 Å². The van der Waals surface area contributed by atoms with Crippen LogP contribution in [0.1, 0.15) is 18.1 Å². The fourth-order valence-corrected chi connectivity index (χ4v) is 2.96. The largest absolute Gasteiger partial charge is 0.496 e. The quantitative estimate of drug-likeness (QED) is 0.718. The van der Waals surface area contributed by atoms with Crippen LogP contribution in [-0.4, -0.2) is 35.5 Å². The molecule has 0 fully saturated rings. The first-order chi connectivity index (χ1) is 12.9. The van der Waals surface area contributed by atoms with Crippen molar-refractivity contribution in [1.82, 2.24) is 15.4 Å². The molecule has 0 aliphatic carbocycles. The average Bonchev–Trinajstić information content (AvgIpc) is 3.13. The normalized spacial score (nSPS) is 10.6. The lowest BCUT2D eigenvalue weighted by molar-refractivity contribution is -0.114. The SMILES string of the molecule is COc1ccc(-c2[nH]nnc2-c2cc(C)c(C)c(OC)c2)cc1NC(C)=O. The lowest BCUT2D eigenvalue weighted by atomic mass is 9.99. The number of H-pyrrole nitrogens is 1. The highest BCUT2D eigenvalue weighted by Crippen LogP contribution is 2.36. The Hall–Kier alpha value is -3.35. The summed E-state index contributed by atoms with van der Waals surface area (Å²) in [4.78, 5) is 11.5. The minimum atomic E-state index is -0.174. The number of amides is 1. The van der Waals surface area contributed by atoms with E-state index < -0.39 is 0 Å². The highest BCUT2D eigenvalue weighted by molar-refractivity contribution is 5.92. The van der Waals surface area contributed by atoms with E-state index >= 15 is 0 Å². The summed E-state index contributed by atoms with van der Waals surface area (Å²) >= 11 is 0. The van der Waals surface area contributed by atoms with Gasteiger partial charge in [-0.3, -0.25) is 9.89 Å². The number of carbonyl (C=O) groups excluding carboxylic acids is 1. The standard InChI is InChI=1S/C20H22N4O3/c1-11-8-15(10-18(27-5)12(11)2)20-19(22-24-23-20)14-6-7-17(26-4)16(9-14)21-13(3)25/h6-10H,1-5H3,(H,21,25)(H,22,23,24). The van der Waals surface area contributed by atoms with Crippen molar-refractivity contribution in [3.05, 3.63) is 41.5 Å². The minimum absolute atomic E-state index is 0.174. The van der Waals surface area contributed by atoms with Gasteiger partial charge >= 0.3 is 0 Å². The third-order valence-corrected chi connectivity index (χ3v) is 4.46. The van der Waals surface area contributed by atoms with Gasteiger partial charge in [-0.05, 0) is 55.3 Å². The average molecular weight is 366 g/mol. The number of aromatic nitrogens is 3. The maximum atomic E-state index is 11.5. The van der Waals surface area contributed by atoms with Crippen molar-refractivity contribution in [2.75, 3.05) is 19.5 Å². The van der Waals surface area contributed by atoms with E-state index in [0.717, 1.165) is 33.7 Å². The van der Waals surface area contributed by atoms with Crippen LogP contribution in [0.2, 0.25) is 0 Å². The molecule has 0 atom stereocenters. The summed E-state index contributed by atoms with van der Waals surface area (Å²) in [6.45, 7) is 5.50. The van der Waals surface area contributed by atoms with Crippen molar-refractivity contribution in [3.8, 4) is 34.0 Å². The van der Waals surface area contributed by atoms with Gasteiger partial charge in [0.15, 0.2) is 0 Å². The molecule has 0 bridgehead atoms. The van der Waals surface area contributed by atoms with E-state index in [9.17, 15) is 4.79 Å². The second kappa shape index (κ2) is 7.49. The fraction of sp³-hybridized carbons (Fsp3) is 0.250. The predicted octanol–water partition coefficient (Wildman–Crippen LogP) is 3.73. The molecule has 27 heavy (non-hydrogen) atoms. The number of hydrogen-bond donors (Lipinski definition) is 2. The van der Waals surface area contributed by atoms with Crippen molar-refractivity contribution in [3.63, 3.8) is 0 Å². The van der Waals surface area contributed by atoms with Crippen LogP contribution in [-0.2, 0) is 4.79 Å². The van der Waals surface area contributed by atoms with Gasteiger partial charge in [0.2, 0.25) is 5.91 Å². The monoisotopic (exact) mass is 366 g/mol. The highest BCUT2D eigenvalue weighted by atomic mass is 16.5. The zero-order valence-corrected chi connectivity index (χ0v) is 16.0. The molecule has 2 aromatic carbocycles. The second-order valence-electron chi connectivity index (χ2n) is 6.25. The van der Waals surface area contributed by atoms with Crippen LogP contribution < -0.4 is 14.8 Å². The molecule has 0 aliphatic heterocycles. The number of benzene rings is 2. The van der Waals surface area contributed by atoms with Gasteiger partial charge in [-0.2, -0.15) is 0 Å². The van der Waals surface area contributed by atoms with E-state index in [1.54, 1.807) is 20.3 Å². The topological polar surface area (TPSA) is 89.1 Å². The zero-order chi connectivity index (χ0) is 19.6. The smallest absolute Gasteiger partial charge is 0.221 e. The highest BCUT2D eigenvalue weighted by Gasteiger charge is 2.16. The van der Waals surface area contributed by atoms with Gasteiger partial charge < -0.3 is 14.8 Å². The number of ether oxygens (including phenoxy) is 2. The first-order valence-electron chi connectivity index (χ1n) is 8.47. The molecule has 1 heterocycles. The molecule has 140 valence electrons. The van der Waals surface area contributed by atoms with E-state index in [4.69, 9.17) is 9.47 Å². The van der Waals surface area contributed by atoms with Gasteiger partial charge in [-0.15, -0.1) is 5.10 Å². The van der Waals surface area contributed by atoms with Crippen molar-refractivity contribution in [2.45, 2.75) is 20.8 Å². The van der Waals surface area contributed by atoms with E-state index in [2.05, 4.69) is 26.8 Å². The van der Waals surface area contributed by atoms with Crippen LogP contribution in [0.15, 0.2) is 30.3 Å². The van der Waals surface area contributed by atoms with Crippen molar-refractivity contribution in [1.29, 1.82) is 0 Å². The minimum Gasteiger partial charge on any atom is -0.496 e. The molecule has 3 rings (SSSR count). The maximum absolute atomic E-state index is 11.5. The van der Waals surface area contributed by atoms with Crippen LogP contribution in [0, 0.1) is 13.8 Å². The van der Waals surface area contributed by atoms with Crippen molar-refractivity contribution < 1.29 is 14.3 Å². The van der Waals surface area contributed by atoms with Gasteiger partial charge in [0.25, 0.3) is 0 Å². The first kappa shape index (κ1) is 18.4. The summed E-state index contributed by atoms with van der Waals surface area (Å²) in [5.74, 6) is 1.20. The fourth-order valence-electron chi connectivity index (χ4n) is 2.96. The summed E-state index contributed by atoms with van der Waals surface area (Å²) < 4.78 is 10.8. The summed E-state index contributed by atoms with van der Waals surface area (Å²) in [5.41, 5.74) is 5.95. The van der Waals surface area contributed by atoms with Crippen molar-refractivity contribution >= 4 is 11.6 Å². The Morgan fingerprint density at radius 3 is 2.44 bits per heavy atom. The van der Waals surface area contributed by atoms with Gasteiger partial charge in [0, 0.05) is 18.1 Å². The molecule has 1 amide bonds. The molecule has 0 saturated carbocycles.